The van der Waals surface area contributed by atoms with Crippen molar-refractivity contribution in [1.82, 2.24) is 0 Å². The molecular formula is C16H19N3O. The van der Waals surface area contributed by atoms with Crippen molar-refractivity contribution < 1.29 is 4.74 Å². The monoisotopic (exact) mass is 269 g/mol. The van der Waals surface area contributed by atoms with Crippen LogP contribution in [0.4, 0.5) is 11.4 Å². The summed E-state index contributed by atoms with van der Waals surface area (Å²) in [5.41, 5.74) is 4.85. The highest BCUT2D eigenvalue weighted by Gasteiger charge is 2.27. The van der Waals surface area contributed by atoms with Gasteiger partial charge in [-0.3, -0.25) is 0 Å². The van der Waals surface area contributed by atoms with Crippen molar-refractivity contribution in [3.63, 3.8) is 0 Å². The van der Waals surface area contributed by atoms with Gasteiger partial charge in [0.15, 0.2) is 5.75 Å². The molecule has 104 valence electrons. The Morgan fingerprint density at radius 1 is 1.25 bits per heavy atom. The lowest BCUT2D eigenvalue weighted by molar-refractivity contribution is 0.393. The second kappa shape index (κ2) is 4.40. The van der Waals surface area contributed by atoms with E-state index >= 15 is 0 Å². The molecule has 0 spiro atoms. The molecule has 0 aromatic heterocycles. The zero-order valence-electron chi connectivity index (χ0n) is 12.2. The molecule has 1 aliphatic carbocycles. The van der Waals surface area contributed by atoms with E-state index in [1.165, 1.54) is 5.56 Å². The molecule has 1 aliphatic heterocycles. The predicted octanol–water partition coefficient (Wildman–Crippen LogP) is 3.10. The molecule has 1 aromatic rings. The Labute approximate surface area is 119 Å². The first-order chi connectivity index (χ1) is 9.45. The fourth-order valence-corrected chi connectivity index (χ4v) is 2.62. The van der Waals surface area contributed by atoms with Crippen molar-refractivity contribution in [2.24, 2.45) is 0 Å². The van der Waals surface area contributed by atoms with Gasteiger partial charge in [-0.15, -0.1) is 0 Å². The summed E-state index contributed by atoms with van der Waals surface area (Å²) in [6.07, 6.45) is 3.83. The summed E-state index contributed by atoms with van der Waals surface area (Å²) in [6, 6.07) is 4.19. The number of benzene rings is 1. The molecular weight excluding hydrogens is 250 g/mol. The van der Waals surface area contributed by atoms with E-state index in [1.807, 2.05) is 33.2 Å². The Morgan fingerprint density at radius 3 is 2.70 bits per heavy atom. The number of allylic oxidation sites excluding steroid dienone is 2. The van der Waals surface area contributed by atoms with Crippen molar-refractivity contribution in [3.05, 3.63) is 41.2 Å². The van der Waals surface area contributed by atoms with E-state index in [-0.39, 0.29) is 6.04 Å². The van der Waals surface area contributed by atoms with Crippen LogP contribution in [0.5, 0.6) is 5.75 Å². The van der Waals surface area contributed by atoms with E-state index in [9.17, 15) is 0 Å². The van der Waals surface area contributed by atoms with Gasteiger partial charge < -0.3 is 20.4 Å². The minimum absolute atomic E-state index is 0.0289. The zero-order chi connectivity index (χ0) is 14.4. The Hall–Kier alpha value is -2.23. The van der Waals surface area contributed by atoms with Gasteiger partial charge in [-0.1, -0.05) is 0 Å². The fourth-order valence-electron chi connectivity index (χ4n) is 2.62. The van der Waals surface area contributed by atoms with Crippen LogP contribution in [0.15, 0.2) is 35.6 Å². The average Bonchev–Trinajstić information content (AvgIpc) is 2.37. The lowest BCUT2D eigenvalue weighted by atomic mass is 9.98. The molecule has 1 aromatic carbocycles. The van der Waals surface area contributed by atoms with Crippen LogP contribution in [-0.2, 0) is 0 Å². The molecule has 1 heterocycles. The van der Waals surface area contributed by atoms with E-state index < -0.39 is 0 Å². The van der Waals surface area contributed by atoms with Gasteiger partial charge in [-0.05, 0) is 37.1 Å². The summed E-state index contributed by atoms with van der Waals surface area (Å²) >= 11 is 0. The number of fused-ring (bicyclic) bond motifs is 2. The predicted molar refractivity (Wildman–Crippen MR) is 83.1 cm³/mol. The number of nitrogens with zero attached hydrogens (tertiary/aromatic N) is 1. The van der Waals surface area contributed by atoms with Gasteiger partial charge in [0.2, 0.25) is 0 Å². The molecule has 0 saturated carbocycles. The minimum atomic E-state index is 0.0289. The van der Waals surface area contributed by atoms with E-state index in [2.05, 4.69) is 23.2 Å². The highest BCUT2D eigenvalue weighted by molar-refractivity contribution is 6.07. The van der Waals surface area contributed by atoms with E-state index in [1.54, 1.807) is 6.08 Å². The van der Waals surface area contributed by atoms with Crippen LogP contribution >= 0.6 is 0 Å². The summed E-state index contributed by atoms with van der Waals surface area (Å²) in [7, 11) is 4.05. The molecule has 2 N–H and O–H groups in total. The van der Waals surface area contributed by atoms with Crippen LogP contribution in [0.3, 0.4) is 0 Å². The van der Waals surface area contributed by atoms with Crippen molar-refractivity contribution in [3.8, 4) is 5.75 Å². The Kier molecular flexibility index (Phi) is 2.82. The Balaban J connectivity index is 2.04. The smallest absolute Gasteiger partial charge is 0.152 e. The van der Waals surface area contributed by atoms with E-state index in [0.717, 1.165) is 28.5 Å². The van der Waals surface area contributed by atoms with Gasteiger partial charge in [-0.25, -0.2) is 0 Å². The molecule has 4 heteroatoms. The number of hydrogen-bond acceptors (Lipinski definition) is 4. The topological polar surface area (TPSA) is 48.4 Å². The molecule has 0 bridgehead atoms. The largest absolute Gasteiger partial charge is 0.457 e. The molecule has 0 amide bonds. The van der Waals surface area contributed by atoms with E-state index in [0.29, 0.717) is 5.71 Å². The number of hydrogen-bond donors (Lipinski definition) is 2. The SMILES string of the molecule is CC1=CC2Nc3cc(C)c(N(C)C)cc3OC2=CC1=N. The number of rotatable bonds is 1. The number of nitrogens with one attached hydrogen (secondary N) is 2. The molecule has 3 rings (SSSR count). The third-order valence-electron chi connectivity index (χ3n) is 3.75. The van der Waals surface area contributed by atoms with Crippen LogP contribution in [0.1, 0.15) is 12.5 Å². The average molecular weight is 269 g/mol. The molecule has 1 atom stereocenters. The maximum absolute atomic E-state index is 7.89. The van der Waals surface area contributed by atoms with E-state index in [4.69, 9.17) is 10.1 Å². The normalized spacial score (nSPS) is 20.0. The third kappa shape index (κ3) is 1.97. The quantitative estimate of drug-likeness (QED) is 0.823. The van der Waals surface area contributed by atoms with Crippen LogP contribution in [0.25, 0.3) is 0 Å². The van der Waals surface area contributed by atoms with Gasteiger partial charge in [0, 0.05) is 31.9 Å². The number of ether oxygens (including phenoxy) is 1. The summed E-state index contributed by atoms with van der Waals surface area (Å²) < 4.78 is 5.99. The molecule has 0 fully saturated rings. The maximum atomic E-state index is 7.89. The Morgan fingerprint density at radius 2 is 2.00 bits per heavy atom. The third-order valence-corrected chi connectivity index (χ3v) is 3.75. The summed E-state index contributed by atoms with van der Waals surface area (Å²) in [4.78, 5) is 2.08. The van der Waals surface area contributed by atoms with Crippen molar-refractivity contribution in [2.75, 3.05) is 24.3 Å². The maximum Gasteiger partial charge on any atom is 0.152 e. The molecule has 0 saturated heterocycles. The summed E-state index contributed by atoms with van der Waals surface area (Å²) in [6.45, 7) is 4.05. The second-order valence-electron chi connectivity index (χ2n) is 5.56. The second-order valence-corrected chi connectivity index (χ2v) is 5.56. The van der Waals surface area contributed by atoms with Crippen LogP contribution in [0.2, 0.25) is 0 Å². The highest BCUT2D eigenvalue weighted by atomic mass is 16.5. The lowest BCUT2D eigenvalue weighted by Crippen LogP contribution is -2.31. The molecule has 1 unspecified atom stereocenters. The summed E-state index contributed by atoms with van der Waals surface area (Å²) in [5.74, 6) is 1.62. The number of anilines is 2. The minimum Gasteiger partial charge on any atom is -0.457 e. The van der Waals surface area contributed by atoms with Crippen molar-refractivity contribution >= 4 is 17.1 Å². The number of aryl methyl sites for hydroxylation is 1. The molecule has 20 heavy (non-hydrogen) atoms. The standard InChI is InChI=1S/C16H19N3O/c1-9-5-12-15(7-11(9)17)20-16-8-14(19(3)4)10(2)6-13(16)18-12/h5-8,12,17-18H,1-4H3. The highest BCUT2D eigenvalue weighted by Crippen LogP contribution is 2.39. The van der Waals surface area contributed by atoms with Crippen LogP contribution in [0, 0.1) is 12.3 Å². The molecule has 0 radical (unpaired) electrons. The van der Waals surface area contributed by atoms with Crippen LogP contribution < -0.4 is 15.0 Å². The lowest BCUT2D eigenvalue weighted by Gasteiger charge is -2.32. The van der Waals surface area contributed by atoms with Gasteiger partial charge in [0.1, 0.15) is 11.8 Å². The van der Waals surface area contributed by atoms with Gasteiger partial charge in [-0.2, -0.15) is 0 Å². The van der Waals surface area contributed by atoms with Gasteiger partial charge >= 0.3 is 0 Å². The first-order valence-electron chi connectivity index (χ1n) is 6.71. The van der Waals surface area contributed by atoms with Crippen molar-refractivity contribution in [2.45, 2.75) is 19.9 Å². The van der Waals surface area contributed by atoms with Crippen molar-refractivity contribution in [1.29, 1.82) is 5.41 Å². The van der Waals surface area contributed by atoms with Gasteiger partial charge in [0.25, 0.3) is 0 Å². The molecule has 2 aliphatic rings. The summed E-state index contributed by atoms with van der Waals surface area (Å²) in [5, 5.41) is 11.4. The first-order valence-corrected chi connectivity index (χ1v) is 6.71. The zero-order valence-corrected chi connectivity index (χ0v) is 12.2. The Bertz CT molecular complexity index is 656. The first kappa shape index (κ1) is 12.8. The fraction of sp³-hybridized carbons (Fsp3) is 0.312. The van der Waals surface area contributed by atoms with Gasteiger partial charge in [0.05, 0.1) is 11.4 Å². The molecule has 4 nitrogen and oxygen atoms in total. The van der Waals surface area contributed by atoms with Crippen LogP contribution in [-0.4, -0.2) is 25.8 Å².